The zero-order chi connectivity index (χ0) is 26.0. The highest BCUT2D eigenvalue weighted by atomic mass is 35.5. The highest BCUT2D eigenvalue weighted by molar-refractivity contribution is 6.30. The summed E-state index contributed by atoms with van der Waals surface area (Å²) < 4.78 is 5.30. The molecule has 2 aliphatic heterocycles. The summed E-state index contributed by atoms with van der Waals surface area (Å²) in [5, 5.41) is 16.0. The number of amides is 2. The first kappa shape index (κ1) is 25.5. The Morgan fingerprint density at radius 1 is 1.16 bits per heavy atom. The van der Waals surface area contributed by atoms with E-state index < -0.39 is 11.5 Å². The number of aryl methyl sites for hydroxylation is 1. The van der Waals surface area contributed by atoms with Crippen LogP contribution in [0.3, 0.4) is 0 Å². The minimum absolute atomic E-state index is 0.0319. The van der Waals surface area contributed by atoms with E-state index >= 15 is 0 Å². The summed E-state index contributed by atoms with van der Waals surface area (Å²) in [6, 6.07) is 18.3. The van der Waals surface area contributed by atoms with E-state index in [0.29, 0.717) is 43.9 Å². The van der Waals surface area contributed by atoms with Crippen molar-refractivity contribution in [2.45, 2.75) is 57.7 Å². The second-order valence-corrected chi connectivity index (χ2v) is 10.6. The second kappa shape index (κ2) is 10.7. The Balaban J connectivity index is 1.35. The van der Waals surface area contributed by atoms with E-state index in [0.717, 1.165) is 29.7 Å². The Kier molecular flexibility index (Phi) is 7.36. The summed E-state index contributed by atoms with van der Waals surface area (Å²) in [6.07, 6.45) is 2.50. The number of halogens is 1. The number of hydrogen-bond donors (Lipinski definition) is 1. The first-order valence-electron chi connectivity index (χ1n) is 12.9. The molecular weight excluding hydrogens is 490 g/mol. The molecular formula is C29H32ClN3O4. The lowest BCUT2D eigenvalue weighted by atomic mass is 9.75. The second-order valence-electron chi connectivity index (χ2n) is 10.2. The van der Waals surface area contributed by atoms with E-state index in [4.69, 9.17) is 16.1 Å². The Morgan fingerprint density at radius 2 is 1.92 bits per heavy atom. The van der Waals surface area contributed by atoms with Crippen LogP contribution in [0.5, 0.6) is 0 Å². The molecule has 1 N–H and O–H groups in total. The van der Waals surface area contributed by atoms with Crippen molar-refractivity contribution in [3.63, 3.8) is 0 Å². The van der Waals surface area contributed by atoms with E-state index in [2.05, 4.69) is 12.1 Å². The Bertz CT molecular complexity index is 1250. The Labute approximate surface area is 222 Å². The molecule has 2 fully saturated rings. The van der Waals surface area contributed by atoms with Gasteiger partial charge in [-0.05, 0) is 48.9 Å². The van der Waals surface area contributed by atoms with Gasteiger partial charge in [0.1, 0.15) is 0 Å². The molecule has 0 bridgehead atoms. The van der Waals surface area contributed by atoms with Crippen LogP contribution in [-0.4, -0.2) is 51.0 Å². The number of aliphatic hydroxyl groups excluding tert-OH is 1. The molecule has 2 saturated heterocycles. The van der Waals surface area contributed by atoms with Crippen molar-refractivity contribution in [1.29, 1.82) is 0 Å². The van der Waals surface area contributed by atoms with Gasteiger partial charge < -0.3 is 19.4 Å². The van der Waals surface area contributed by atoms with Gasteiger partial charge in [0.15, 0.2) is 0 Å². The Hall–Kier alpha value is -3.16. The SMILES string of the molecule is CCCc1cc(C(=O)N2CCC3(CC2)C[C@@H]([C@H](O)c2ccccc2)N(Cc2cccc(Cl)c2)C3=O)on1. The molecule has 0 radical (unpaired) electrons. The molecule has 2 aliphatic rings. The molecule has 5 rings (SSSR count). The molecule has 1 spiro atoms. The minimum atomic E-state index is -0.811. The van der Waals surface area contributed by atoms with Gasteiger partial charge in [-0.3, -0.25) is 9.59 Å². The van der Waals surface area contributed by atoms with E-state index in [1.54, 1.807) is 17.0 Å². The van der Waals surface area contributed by atoms with Crippen molar-refractivity contribution in [1.82, 2.24) is 15.0 Å². The summed E-state index contributed by atoms with van der Waals surface area (Å²) in [7, 11) is 0. The van der Waals surface area contributed by atoms with E-state index in [9.17, 15) is 14.7 Å². The fraction of sp³-hybridized carbons (Fsp3) is 0.414. The first-order valence-corrected chi connectivity index (χ1v) is 13.3. The highest BCUT2D eigenvalue weighted by Crippen LogP contribution is 2.48. The van der Waals surface area contributed by atoms with Gasteiger partial charge in [-0.1, -0.05) is 72.6 Å². The van der Waals surface area contributed by atoms with Crippen molar-refractivity contribution in [2.24, 2.45) is 5.41 Å². The standard InChI is InChI=1S/C29H32ClN3O4/c1-2-7-23-17-25(37-31-23)27(35)32-14-12-29(13-15-32)18-24(26(34)21-9-4-3-5-10-21)33(28(29)36)19-20-8-6-11-22(30)16-20/h3-6,8-11,16-17,24,26,34H,2,7,12-15,18-19H2,1H3/t24-,26+/m0/s1. The maximum absolute atomic E-state index is 14.0. The summed E-state index contributed by atoms with van der Waals surface area (Å²) in [5.41, 5.74) is 1.86. The smallest absolute Gasteiger partial charge is 0.292 e. The van der Waals surface area contributed by atoms with Gasteiger partial charge in [-0.2, -0.15) is 0 Å². The van der Waals surface area contributed by atoms with E-state index in [-0.39, 0.29) is 23.6 Å². The van der Waals surface area contributed by atoms with Gasteiger partial charge >= 0.3 is 0 Å². The van der Waals surface area contributed by atoms with Gasteiger partial charge in [0.05, 0.1) is 23.3 Å². The quantitative estimate of drug-likeness (QED) is 0.471. The van der Waals surface area contributed by atoms with Crippen LogP contribution in [0.15, 0.2) is 65.2 Å². The molecule has 194 valence electrons. The van der Waals surface area contributed by atoms with Crippen LogP contribution < -0.4 is 0 Å². The fourth-order valence-corrected chi connectivity index (χ4v) is 5.94. The number of likely N-dealkylation sites (tertiary alicyclic amines) is 2. The van der Waals surface area contributed by atoms with Crippen LogP contribution >= 0.6 is 11.6 Å². The molecule has 8 heteroatoms. The molecule has 3 aromatic rings. The molecule has 2 aromatic carbocycles. The number of carbonyl (C=O) groups is 2. The topological polar surface area (TPSA) is 86.9 Å². The molecule has 7 nitrogen and oxygen atoms in total. The summed E-state index contributed by atoms with van der Waals surface area (Å²) in [6.45, 7) is 3.33. The molecule has 0 saturated carbocycles. The van der Waals surface area contributed by atoms with Gasteiger partial charge in [0, 0.05) is 30.7 Å². The average molecular weight is 522 g/mol. The number of aromatic nitrogens is 1. The third kappa shape index (κ3) is 5.15. The van der Waals surface area contributed by atoms with Crippen molar-refractivity contribution < 1.29 is 19.2 Å². The molecule has 3 heterocycles. The number of rotatable bonds is 7. The molecule has 1 aromatic heterocycles. The zero-order valence-corrected chi connectivity index (χ0v) is 21.7. The van der Waals surface area contributed by atoms with Crippen LogP contribution in [-0.2, 0) is 17.8 Å². The normalized spacial score (nSPS) is 20.0. The van der Waals surface area contributed by atoms with Crippen molar-refractivity contribution in [2.75, 3.05) is 13.1 Å². The van der Waals surface area contributed by atoms with Crippen molar-refractivity contribution in [3.8, 4) is 0 Å². The molecule has 2 amide bonds. The fourth-order valence-electron chi connectivity index (χ4n) is 5.73. The number of piperidine rings is 1. The molecule has 2 atom stereocenters. The van der Waals surface area contributed by atoms with Gasteiger partial charge in [-0.25, -0.2) is 0 Å². The predicted molar refractivity (Wildman–Crippen MR) is 140 cm³/mol. The van der Waals surface area contributed by atoms with Gasteiger partial charge in [0.25, 0.3) is 5.91 Å². The Morgan fingerprint density at radius 3 is 2.62 bits per heavy atom. The maximum Gasteiger partial charge on any atom is 0.292 e. The average Bonchev–Trinajstić information content (AvgIpc) is 3.48. The number of benzene rings is 2. The molecule has 37 heavy (non-hydrogen) atoms. The summed E-state index contributed by atoms with van der Waals surface area (Å²) >= 11 is 6.22. The van der Waals surface area contributed by atoms with Crippen LogP contribution in [0.25, 0.3) is 0 Å². The van der Waals surface area contributed by atoms with Crippen LogP contribution in [0.2, 0.25) is 5.02 Å². The lowest BCUT2D eigenvalue weighted by Crippen LogP contribution is -2.46. The lowest BCUT2D eigenvalue weighted by Gasteiger charge is -2.37. The molecule has 0 unspecified atom stereocenters. The number of nitrogens with zero attached hydrogens (tertiary/aromatic N) is 3. The third-order valence-electron chi connectivity index (χ3n) is 7.75. The largest absolute Gasteiger partial charge is 0.386 e. The van der Waals surface area contributed by atoms with Crippen molar-refractivity contribution in [3.05, 3.63) is 88.3 Å². The summed E-state index contributed by atoms with van der Waals surface area (Å²) in [5.74, 6) is 0.0911. The zero-order valence-electron chi connectivity index (χ0n) is 21.0. The number of carbonyl (C=O) groups excluding carboxylic acids is 2. The highest BCUT2D eigenvalue weighted by Gasteiger charge is 2.54. The van der Waals surface area contributed by atoms with Crippen LogP contribution in [0, 0.1) is 5.41 Å². The van der Waals surface area contributed by atoms with Crippen LogP contribution in [0.1, 0.15) is 66.1 Å². The minimum Gasteiger partial charge on any atom is -0.386 e. The van der Waals surface area contributed by atoms with E-state index in [1.807, 2.05) is 53.4 Å². The van der Waals surface area contributed by atoms with E-state index in [1.165, 1.54) is 0 Å². The van der Waals surface area contributed by atoms with Gasteiger partial charge in [0.2, 0.25) is 11.7 Å². The van der Waals surface area contributed by atoms with Crippen LogP contribution in [0.4, 0.5) is 0 Å². The monoisotopic (exact) mass is 521 g/mol. The predicted octanol–water partition coefficient (Wildman–Crippen LogP) is 5.04. The first-order chi connectivity index (χ1) is 17.9. The maximum atomic E-state index is 14.0. The number of aliphatic hydroxyl groups is 1. The number of hydrogen-bond acceptors (Lipinski definition) is 5. The lowest BCUT2D eigenvalue weighted by molar-refractivity contribution is -0.140. The van der Waals surface area contributed by atoms with Crippen molar-refractivity contribution >= 4 is 23.4 Å². The molecule has 0 aliphatic carbocycles. The summed E-state index contributed by atoms with van der Waals surface area (Å²) in [4.78, 5) is 30.6. The van der Waals surface area contributed by atoms with Gasteiger partial charge in [-0.15, -0.1) is 0 Å². The third-order valence-corrected chi connectivity index (χ3v) is 7.98.